The van der Waals surface area contributed by atoms with E-state index < -0.39 is 24.0 Å². The number of benzene rings is 1. The number of halogens is 1. The highest BCUT2D eigenvalue weighted by Gasteiger charge is 2.18. The lowest BCUT2D eigenvalue weighted by atomic mass is 10.0. The summed E-state index contributed by atoms with van der Waals surface area (Å²) in [7, 11) is 1.30. The summed E-state index contributed by atoms with van der Waals surface area (Å²) in [4.78, 5) is 10.5. The molecule has 0 heterocycles. The van der Waals surface area contributed by atoms with Crippen molar-refractivity contribution in [1.29, 1.82) is 0 Å². The average molecular weight is 228 g/mol. The van der Waals surface area contributed by atoms with Gasteiger partial charge in [0.25, 0.3) is 0 Å². The standard InChI is InChI=1S/C11H13FO4/c1-3-6-4-7(5-8(13)14)10(15)9(12)11(6)16-2/h4,15H,3,5H2,1-2H3,(H,13,14). The van der Waals surface area contributed by atoms with Gasteiger partial charge in [-0.15, -0.1) is 0 Å². The maximum absolute atomic E-state index is 13.6. The number of carbonyl (C=O) groups is 1. The van der Waals surface area contributed by atoms with Crippen LogP contribution in [0.25, 0.3) is 0 Å². The molecule has 0 aliphatic heterocycles. The molecular formula is C11H13FO4. The zero-order chi connectivity index (χ0) is 12.3. The number of hydrogen-bond acceptors (Lipinski definition) is 3. The molecule has 16 heavy (non-hydrogen) atoms. The lowest BCUT2D eigenvalue weighted by Crippen LogP contribution is -2.04. The minimum absolute atomic E-state index is 0.0332. The van der Waals surface area contributed by atoms with E-state index in [1.807, 2.05) is 0 Å². The number of carboxylic acid groups (broad SMARTS) is 1. The Morgan fingerprint density at radius 2 is 2.12 bits per heavy atom. The number of carboxylic acids is 1. The summed E-state index contributed by atoms with van der Waals surface area (Å²) < 4.78 is 18.4. The molecule has 1 rings (SSSR count). The molecule has 0 fully saturated rings. The van der Waals surface area contributed by atoms with E-state index >= 15 is 0 Å². The van der Waals surface area contributed by atoms with Crippen molar-refractivity contribution >= 4 is 5.97 Å². The predicted molar refractivity (Wildman–Crippen MR) is 55.3 cm³/mol. The first-order chi connectivity index (χ1) is 7.51. The summed E-state index contributed by atoms with van der Waals surface area (Å²) in [6.45, 7) is 1.79. The molecule has 88 valence electrons. The van der Waals surface area contributed by atoms with Crippen LogP contribution >= 0.6 is 0 Å². The Balaban J connectivity index is 3.32. The van der Waals surface area contributed by atoms with E-state index in [-0.39, 0.29) is 11.3 Å². The normalized spacial score (nSPS) is 10.2. The van der Waals surface area contributed by atoms with Crippen LogP contribution in [0.2, 0.25) is 0 Å². The molecule has 1 aromatic carbocycles. The third kappa shape index (κ3) is 2.24. The molecule has 0 unspecified atom stereocenters. The molecule has 1 aromatic rings. The SMILES string of the molecule is CCc1cc(CC(=O)O)c(O)c(F)c1OC. The molecule has 0 saturated carbocycles. The second kappa shape index (κ2) is 4.83. The van der Waals surface area contributed by atoms with Crippen LogP contribution in [0.15, 0.2) is 6.07 Å². The molecular weight excluding hydrogens is 215 g/mol. The van der Waals surface area contributed by atoms with Gasteiger partial charge in [-0.25, -0.2) is 0 Å². The molecule has 4 nitrogen and oxygen atoms in total. The molecule has 0 bridgehead atoms. The summed E-state index contributed by atoms with van der Waals surface area (Å²) in [5.74, 6) is -2.72. The smallest absolute Gasteiger partial charge is 0.307 e. The summed E-state index contributed by atoms with van der Waals surface area (Å²) in [6.07, 6.45) is 0.0761. The first-order valence-corrected chi connectivity index (χ1v) is 4.80. The highest BCUT2D eigenvalue weighted by Crippen LogP contribution is 2.33. The van der Waals surface area contributed by atoms with Crippen LogP contribution in [0, 0.1) is 5.82 Å². The fourth-order valence-electron chi connectivity index (χ4n) is 1.51. The zero-order valence-electron chi connectivity index (χ0n) is 9.08. The van der Waals surface area contributed by atoms with Crippen molar-refractivity contribution in [2.75, 3.05) is 7.11 Å². The summed E-state index contributed by atoms with van der Waals surface area (Å²) in [6, 6.07) is 1.45. The van der Waals surface area contributed by atoms with Gasteiger partial charge in [-0.1, -0.05) is 6.92 Å². The van der Waals surface area contributed by atoms with Gasteiger partial charge in [0.1, 0.15) is 0 Å². The van der Waals surface area contributed by atoms with Gasteiger partial charge in [-0.3, -0.25) is 4.79 Å². The van der Waals surface area contributed by atoms with Crippen molar-refractivity contribution in [3.8, 4) is 11.5 Å². The largest absolute Gasteiger partial charge is 0.505 e. The summed E-state index contributed by atoms with van der Waals surface area (Å²) >= 11 is 0. The average Bonchev–Trinajstić information content (AvgIpc) is 2.24. The third-order valence-electron chi connectivity index (χ3n) is 2.28. The molecule has 0 atom stereocenters. The van der Waals surface area contributed by atoms with Crippen LogP contribution in [0.1, 0.15) is 18.1 Å². The minimum Gasteiger partial charge on any atom is -0.505 e. The van der Waals surface area contributed by atoms with E-state index in [9.17, 15) is 14.3 Å². The van der Waals surface area contributed by atoms with Gasteiger partial charge < -0.3 is 14.9 Å². The van der Waals surface area contributed by atoms with Crippen LogP contribution in [0.4, 0.5) is 4.39 Å². The van der Waals surface area contributed by atoms with E-state index in [4.69, 9.17) is 9.84 Å². The lowest BCUT2D eigenvalue weighted by Gasteiger charge is -2.12. The zero-order valence-corrected chi connectivity index (χ0v) is 9.08. The minimum atomic E-state index is -1.12. The second-order valence-electron chi connectivity index (χ2n) is 3.31. The van der Waals surface area contributed by atoms with Crippen LogP contribution < -0.4 is 4.74 Å². The summed E-state index contributed by atoms with van der Waals surface area (Å²) in [5, 5.41) is 18.1. The second-order valence-corrected chi connectivity index (χ2v) is 3.31. The Labute approximate surface area is 92.3 Å². The Kier molecular flexibility index (Phi) is 3.71. The Bertz CT molecular complexity index is 415. The number of phenolic OH excluding ortho intramolecular Hbond substituents is 1. The van der Waals surface area contributed by atoms with Crippen molar-refractivity contribution in [2.24, 2.45) is 0 Å². The molecule has 0 saturated heterocycles. The molecule has 0 radical (unpaired) electrons. The Morgan fingerprint density at radius 3 is 2.56 bits per heavy atom. The van der Waals surface area contributed by atoms with E-state index in [1.165, 1.54) is 13.2 Å². The van der Waals surface area contributed by atoms with Crippen molar-refractivity contribution in [3.05, 3.63) is 23.0 Å². The maximum atomic E-state index is 13.6. The van der Waals surface area contributed by atoms with Gasteiger partial charge in [0.2, 0.25) is 5.82 Å². The Morgan fingerprint density at radius 1 is 1.50 bits per heavy atom. The summed E-state index contributed by atoms with van der Waals surface area (Å²) in [5.41, 5.74) is 0.594. The van der Waals surface area contributed by atoms with Gasteiger partial charge in [0.15, 0.2) is 11.5 Å². The quantitative estimate of drug-likeness (QED) is 0.823. The van der Waals surface area contributed by atoms with Crippen molar-refractivity contribution in [2.45, 2.75) is 19.8 Å². The molecule has 0 aliphatic carbocycles. The molecule has 5 heteroatoms. The van der Waals surface area contributed by atoms with Gasteiger partial charge >= 0.3 is 5.97 Å². The van der Waals surface area contributed by atoms with Crippen molar-refractivity contribution in [3.63, 3.8) is 0 Å². The van der Waals surface area contributed by atoms with Gasteiger partial charge in [0.05, 0.1) is 13.5 Å². The number of phenols is 1. The molecule has 0 spiro atoms. The Hall–Kier alpha value is -1.78. The molecule has 0 aromatic heterocycles. The van der Waals surface area contributed by atoms with E-state index in [0.29, 0.717) is 12.0 Å². The highest BCUT2D eigenvalue weighted by molar-refractivity contribution is 5.72. The monoisotopic (exact) mass is 228 g/mol. The fraction of sp³-hybridized carbons (Fsp3) is 0.364. The number of hydrogen-bond donors (Lipinski definition) is 2. The van der Waals surface area contributed by atoms with Crippen molar-refractivity contribution < 1.29 is 24.1 Å². The predicted octanol–water partition coefficient (Wildman–Crippen LogP) is 1.73. The van der Waals surface area contributed by atoms with Crippen LogP contribution in [-0.2, 0) is 17.6 Å². The number of aryl methyl sites for hydroxylation is 1. The maximum Gasteiger partial charge on any atom is 0.307 e. The molecule has 0 aliphatic rings. The van der Waals surface area contributed by atoms with Gasteiger partial charge in [0, 0.05) is 5.56 Å². The molecule has 2 N–H and O–H groups in total. The number of ether oxygens (including phenoxy) is 1. The van der Waals surface area contributed by atoms with Crippen LogP contribution in [-0.4, -0.2) is 23.3 Å². The topological polar surface area (TPSA) is 66.8 Å². The van der Waals surface area contributed by atoms with Gasteiger partial charge in [-0.2, -0.15) is 4.39 Å². The number of methoxy groups -OCH3 is 1. The van der Waals surface area contributed by atoms with E-state index in [1.54, 1.807) is 6.92 Å². The fourth-order valence-corrected chi connectivity index (χ4v) is 1.51. The van der Waals surface area contributed by atoms with Crippen LogP contribution in [0.3, 0.4) is 0 Å². The van der Waals surface area contributed by atoms with Crippen molar-refractivity contribution in [1.82, 2.24) is 0 Å². The number of aromatic hydroxyl groups is 1. The molecule has 0 amide bonds. The van der Waals surface area contributed by atoms with Gasteiger partial charge in [-0.05, 0) is 18.1 Å². The highest BCUT2D eigenvalue weighted by atomic mass is 19.1. The van der Waals surface area contributed by atoms with Crippen LogP contribution in [0.5, 0.6) is 11.5 Å². The third-order valence-corrected chi connectivity index (χ3v) is 2.28. The number of rotatable bonds is 4. The van der Waals surface area contributed by atoms with E-state index in [2.05, 4.69) is 0 Å². The first-order valence-electron chi connectivity index (χ1n) is 4.80. The van der Waals surface area contributed by atoms with E-state index in [0.717, 1.165) is 0 Å². The lowest BCUT2D eigenvalue weighted by molar-refractivity contribution is -0.136. The first kappa shape index (κ1) is 12.3. The number of aliphatic carboxylic acids is 1.